The average Bonchev–Trinajstić information content (AvgIpc) is 3.25. The van der Waals surface area contributed by atoms with Crippen molar-refractivity contribution in [3.8, 4) is 17.2 Å². The molecule has 0 saturated carbocycles. The number of carbonyl (C=O) groups excluding carboxylic acids is 2. The molecule has 0 fully saturated rings. The van der Waals surface area contributed by atoms with Gasteiger partial charge in [-0.1, -0.05) is 18.2 Å². The van der Waals surface area contributed by atoms with Crippen LogP contribution in [0.25, 0.3) is 21.7 Å². The summed E-state index contributed by atoms with van der Waals surface area (Å²) in [5, 5.41) is 1.89. The van der Waals surface area contributed by atoms with E-state index in [1.165, 1.54) is 19.9 Å². The molecule has 34 heavy (non-hydrogen) atoms. The van der Waals surface area contributed by atoms with Gasteiger partial charge in [-0.15, -0.1) is 0 Å². The summed E-state index contributed by atoms with van der Waals surface area (Å²) in [6.45, 7) is 4.51. The summed E-state index contributed by atoms with van der Waals surface area (Å²) < 4.78 is 27.7. The van der Waals surface area contributed by atoms with Crippen LogP contribution in [0.3, 0.4) is 0 Å². The van der Waals surface area contributed by atoms with Gasteiger partial charge in [-0.25, -0.2) is 4.79 Å². The number of rotatable bonds is 4. The van der Waals surface area contributed by atoms with Crippen molar-refractivity contribution in [3.05, 3.63) is 75.6 Å². The fourth-order valence-electron chi connectivity index (χ4n) is 4.19. The molecule has 5 rings (SSSR count). The normalized spacial score (nSPS) is 13.1. The largest absolute Gasteiger partial charge is 0.454 e. The van der Waals surface area contributed by atoms with Crippen LogP contribution in [0.5, 0.6) is 17.2 Å². The molecule has 0 amide bonds. The molecule has 1 unspecified atom stereocenters. The molecular formula is C26H20O8. The smallest absolute Gasteiger partial charge is 0.336 e. The van der Waals surface area contributed by atoms with E-state index >= 15 is 0 Å². The Labute approximate surface area is 193 Å². The molecule has 0 N–H and O–H groups in total. The third-order valence-electron chi connectivity index (χ3n) is 5.61. The fourth-order valence-corrected chi connectivity index (χ4v) is 4.19. The predicted molar refractivity (Wildman–Crippen MR) is 122 cm³/mol. The first kappa shape index (κ1) is 21.5. The van der Waals surface area contributed by atoms with Crippen LogP contribution in [0.15, 0.2) is 57.7 Å². The zero-order chi connectivity index (χ0) is 24.0. The molecule has 0 radical (unpaired) electrons. The highest BCUT2D eigenvalue weighted by Crippen LogP contribution is 2.43. The van der Waals surface area contributed by atoms with Crippen LogP contribution in [-0.2, 0) is 14.3 Å². The van der Waals surface area contributed by atoms with Crippen molar-refractivity contribution in [2.45, 2.75) is 26.9 Å². The quantitative estimate of drug-likeness (QED) is 0.189. The van der Waals surface area contributed by atoms with Gasteiger partial charge < -0.3 is 23.4 Å². The van der Waals surface area contributed by atoms with E-state index in [9.17, 15) is 14.4 Å². The zero-order valence-electron chi connectivity index (χ0n) is 18.7. The van der Waals surface area contributed by atoms with Gasteiger partial charge in [0.2, 0.25) is 6.79 Å². The maximum atomic E-state index is 12.1. The third-order valence-corrected chi connectivity index (χ3v) is 5.61. The second-order valence-corrected chi connectivity index (χ2v) is 7.97. The molecule has 0 spiro atoms. The minimum absolute atomic E-state index is 0.101. The summed E-state index contributed by atoms with van der Waals surface area (Å²) in [5.41, 5.74) is 1.73. The lowest BCUT2D eigenvalue weighted by atomic mass is 9.95. The monoisotopic (exact) mass is 460 g/mol. The first-order valence-corrected chi connectivity index (χ1v) is 10.6. The molecule has 8 nitrogen and oxygen atoms in total. The number of benzene rings is 3. The number of hydrogen-bond donors (Lipinski definition) is 0. The Bertz CT molecular complexity index is 1530. The van der Waals surface area contributed by atoms with Crippen molar-refractivity contribution >= 4 is 33.7 Å². The first-order valence-electron chi connectivity index (χ1n) is 10.6. The van der Waals surface area contributed by atoms with E-state index in [4.69, 9.17) is 23.4 Å². The van der Waals surface area contributed by atoms with Gasteiger partial charge in [-0.3, -0.25) is 9.59 Å². The van der Waals surface area contributed by atoms with E-state index in [1.54, 1.807) is 42.5 Å². The van der Waals surface area contributed by atoms with Gasteiger partial charge in [-0.05, 0) is 36.8 Å². The Morgan fingerprint density at radius 1 is 0.882 bits per heavy atom. The maximum absolute atomic E-state index is 12.1. The molecule has 0 saturated heterocycles. The van der Waals surface area contributed by atoms with Gasteiger partial charge in [0.15, 0.2) is 17.6 Å². The van der Waals surface area contributed by atoms with Crippen molar-refractivity contribution in [1.29, 1.82) is 0 Å². The molecule has 1 aliphatic rings. The van der Waals surface area contributed by atoms with E-state index < -0.39 is 23.7 Å². The molecule has 0 aliphatic carbocycles. The standard InChI is InChI=1S/C26H20O8/c1-13-10-23(29)34-25-17(13)5-6-19-18(25)7-8-20(26(19)33-15(3)28)24(32-14(2)27)16-4-9-21-22(11-16)31-12-30-21/h4-11,24H,12H2,1-3H3. The van der Waals surface area contributed by atoms with E-state index in [2.05, 4.69) is 0 Å². The van der Waals surface area contributed by atoms with Crippen LogP contribution in [0.2, 0.25) is 0 Å². The Balaban J connectivity index is 1.77. The molecular weight excluding hydrogens is 440 g/mol. The second-order valence-electron chi connectivity index (χ2n) is 7.97. The molecule has 2 heterocycles. The van der Waals surface area contributed by atoms with Crippen LogP contribution in [-0.4, -0.2) is 18.7 Å². The molecule has 1 aromatic heterocycles. The Morgan fingerprint density at radius 3 is 2.38 bits per heavy atom. The summed E-state index contributed by atoms with van der Waals surface area (Å²) in [6.07, 6.45) is -0.897. The summed E-state index contributed by atoms with van der Waals surface area (Å²) >= 11 is 0. The average molecular weight is 460 g/mol. The molecule has 8 heteroatoms. The molecule has 172 valence electrons. The minimum atomic E-state index is -0.897. The number of aryl methyl sites for hydroxylation is 1. The Hall–Kier alpha value is -4.33. The zero-order valence-corrected chi connectivity index (χ0v) is 18.7. The summed E-state index contributed by atoms with van der Waals surface area (Å²) in [7, 11) is 0. The van der Waals surface area contributed by atoms with Gasteiger partial charge in [0.05, 0.1) is 0 Å². The van der Waals surface area contributed by atoms with Crippen LogP contribution in [0.4, 0.5) is 0 Å². The van der Waals surface area contributed by atoms with E-state index in [-0.39, 0.29) is 12.5 Å². The summed E-state index contributed by atoms with van der Waals surface area (Å²) in [6, 6.07) is 13.7. The molecule has 1 aliphatic heterocycles. The Morgan fingerprint density at radius 2 is 1.62 bits per heavy atom. The SMILES string of the molecule is CC(=O)Oc1c(C(OC(C)=O)c2ccc3c(c2)OCO3)ccc2c1ccc1c(C)cc(=O)oc12. The topological polar surface area (TPSA) is 101 Å². The number of ether oxygens (including phenoxy) is 4. The highest BCUT2D eigenvalue weighted by Gasteiger charge is 2.27. The predicted octanol–water partition coefficient (Wildman–Crippen LogP) is 4.56. The van der Waals surface area contributed by atoms with E-state index in [0.29, 0.717) is 39.0 Å². The van der Waals surface area contributed by atoms with Crippen molar-refractivity contribution in [2.24, 2.45) is 0 Å². The molecule has 4 aromatic rings. The van der Waals surface area contributed by atoms with Crippen molar-refractivity contribution in [2.75, 3.05) is 6.79 Å². The van der Waals surface area contributed by atoms with E-state index in [1.807, 2.05) is 6.92 Å². The van der Waals surface area contributed by atoms with Gasteiger partial charge in [-0.2, -0.15) is 0 Å². The Kier molecular flexibility index (Phi) is 5.20. The highest BCUT2D eigenvalue weighted by molar-refractivity contribution is 6.08. The second kappa shape index (κ2) is 8.22. The number of hydrogen-bond acceptors (Lipinski definition) is 8. The molecule has 0 bridgehead atoms. The van der Waals surface area contributed by atoms with Crippen molar-refractivity contribution < 1.29 is 33.0 Å². The fraction of sp³-hybridized carbons (Fsp3) is 0.192. The van der Waals surface area contributed by atoms with Crippen LogP contribution in [0.1, 0.15) is 36.6 Å². The lowest BCUT2D eigenvalue weighted by Gasteiger charge is -2.22. The number of carbonyl (C=O) groups is 2. The lowest BCUT2D eigenvalue weighted by Crippen LogP contribution is -2.13. The van der Waals surface area contributed by atoms with Crippen LogP contribution >= 0.6 is 0 Å². The van der Waals surface area contributed by atoms with E-state index in [0.717, 1.165) is 10.9 Å². The maximum Gasteiger partial charge on any atom is 0.336 e. The van der Waals surface area contributed by atoms with Crippen LogP contribution < -0.4 is 19.8 Å². The van der Waals surface area contributed by atoms with Crippen LogP contribution in [0, 0.1) is 6.92 Å². The van der Waals surface area contributed by atoms with Gasteiger partial charge in [0.1, 0.15) is 11.3 Å². The minimum Gasteiger partial charge on any atom is -0.454 e. The number of fused-ring (bicyclic) bond motifs is 4. The van der Waals surface area contributed by atoms with Gasteiger partial charge in [0.25, 0.3) is 0 Å². The number of esters is 2. The van der Waals surface area contributed by atoms with Gasteiger partial charge >= 0.3 is 17.6 Å². The third kappa shape index (κ3) is 3.73. The van der Waals surface area contributed by atoms with Crippen molar-refractivity contribution in [3.63, 3.8) is 0 Å². The molecule has 1 atom stereocenters. The lowest BCUT2D eigenvalue weighted by molar-refractivity contribution is -0.144. The van der Waals surface area contributed by atoms with Gasteiger partial charge in [0, 0.05) is 47.2 Å². The summed E-state index contributed by atoms with van der Waals surface area (Å²) in [4.78, 5) is 36.2. The van der Waals surface area contributed by atoms with Crippen molar-refractivity contribution in [1.82, 2.24) is 0 Å². The first-order chi connectivity index (χ1) is 16.3. The summed E-state index contributed by atoms with van der Waals surface area (Å²) in [5.74, 6) is 0.247. The molecule has 3 aromatic carbocycles. The highest BCUT2D eigenvalue weighted by atomic mass is 16.7.